The molecule has 11 heteroatoms. The van der Waals surface area contributed by atoms with E-state index < -0.39 is 66.0 Å². The van der Waals surface area contributed by atoms with Gasteiger partial charge in [-0.3, -0.25) is 4.79 Å². The maximum atomic E-state index is 13.6. The lowest BCUT2D eigenvalue weighted by Gasteiger charge is -2.39. The van der Waals surface area contributed by atoms with Crippen molar-refractivity contribution in [2.75, 3.05) is 11.5 Å². The number of fused-ring (bicyclic) bond motifs is 1. The first-order chi connectivity index (χ1) is 19.4. The Morgan fingerprint density at radius 3 is 1.80 bits per heavy atom. The monoisotopic (exact) mass is 598 g/mol. The van der Waals surface area contributed by atoms with Crippen LogP contribution in [0.1, 0.15) is 42.9 Å². The molecule has 4 aromatic rings. The van der Waals surface area contributed by atoms with E-state index in [-0.39, 0.29) is 12.3 Å². The van der Waals surface area contributed by atoms with Gasteiger partial charge < -0.3 is 15.3 Å². The predicted octanol–water partition coefficient (Wildman–Crippen LogP) is 3.98. The Bertz CT molecular complexity index is 1580. The molecule has 0 radical (unpaired) electrons. The van der Waals surface area contributed by atoms with Gasteiger partial charge in [-0.25, -0.2) is 21.8 Å². The molecular formula is C30H34N2O7S2. The number of primary amides is 1. The lowest BCUT2D eigenvalue weighted by Crippen LogP contribution is -2.54. The predicted molar refractivity (Wildman–Crippen MR) is 157 cm³/mol. The highest BCUT2D eigenvalue weighted by molar-refractivity contribution is 7.91. The number of amides is 1. The van der Waals surface area contributed by atoms with Crippen LogP contribution in [0.3, 0.4) is 0 Å². The van der Waals surface area contributed by atoms with Crippen LogP contribution in [0, 0.1) is 11.3 Å². The van der Waals surface area contributed by atoms with Crippen LogP contribution in [0.5, 0.6) is 0 Å². The van der Waals surface area contributed by atoms with Crippen LogP contribution in [0.15, 0.2) is 89.3 Å². The number of hydrogen-bond donors (Lipinski definition) is 2. The number of hydrogen-bond acceptors (Lipinski definition) is 8. The van der Waals surface area contributed by atoms with E-state index in [2.05, 4.69) is 4.98 Å². The molecule has 2 atom stereocenters. The zero-order valence-corrected chi connectivity index (χ0v) is 24.4. The fraction of sp³-hybridized carbons (Fsp3) is 0.333. The highest BCUT2D eigenvalue weighted by Crippen LogP contribution is 2.43. The molecule has 0 aliphatic rings. The summed E-state index contributed by atoms with van der Waals surface area (Å²) in [6.07, 6.45) is -1.12. The average Bonchev–Trinajstić information content (AvgIpc) is 3.35. The maximum absolute atomic E-state index is 13.6. The van der Waals surface area contributed by atoms with Crippen molar-refractivity contribution in [1.82, 2.24) is 4.98 Å². The molecule has 0 spiro atoms. The summed E-state index contributed by atoms with van der Waals surface area (Å²) in [5.74, 6) is -5.11. The first kappa shape index (κ1) is 30.4. The van der Waals surface area contributed by atoms with Gasteiger partial charge in [0.05, 0.1) is 28.4 Å². The number of aliphatic hydroxyl groups excluding tert-OH is 1. The quantitative estimate of drug-likeness (QED) is 0.221. The number of aliphatic hydroxyl groups is 1. The number of sulfone groups is 2. The molecule has 1 amide bonds. The van der Waals surface area contributed by atoms with Crippen LogP contribution in [-0.2, 0) is 36.0 Å². The minimum Gasteiger partial charge on any atom is -0.438 e. The van der Waals surface area contributed by atoms with Gasteiger partial charge in [-0.1, -0.05) is 86.1 Å². The van der Waals surface area contributed by atoms with E-state index in [0.717, 1.165) is 0 Å². The van der Waals surface area contributed by atoms with Gasteiger partial charge in [0, 0.05) is 5.92 Å². The highest BCUT2D eigenvalue weighted by atomic mass is 32.2. The van der Waals surface area contributed by atoms with Crippen molar-refractivity contribution in [2.45, 2.75) is 37.4 Å². The van der Waals surface area contributed by atoms with E-state index >= 15 is 0 Å². The van der Waals surface area contributed by atoms with E-state index in [0.29, 0.717) is 28.6 Å². The summed E-state index contributed by atoms with van der Waals surface area (Å²) in [7, 11) is -8.23. The molecule has 0 bridgehead atoms. The smallest absolute Gasteiger partial charge is 0.226 e. The Balaban J connectivity index is 1.82. The molecule has 41 heavy (non-hydrogen) atoms. The number of carbonyl (C=O) groups is 1. The third-order valence-corrected chi connectivity index (χ3v) is 10.6. The van der Waals surface area contributed by atoms with Crippen LogP contribution in [0.2, 0.25) is 0 Å². The SMILES string of the molecule is CCC[C@H](C(O)c1nc2ccccc2o1)C(CS(=O)(=O)Cc1ccccc1)(CS(=O)(=O)Cc1ccccc1)C(N)=O. The Hall–Kier alpha value is -3.54. The summed E-state index contributed by atoms with van der Waals surface area (Å²) in [5, 5.41) is 11.6. The van der Waals surface area contributed by atoms with Gasteiger partial charge in [-0.2, -0.15) is 0 Å². The van der Waals surface area contributed by atoms with Gasteiger partial charge in [-0.15, -0.1) is 0 Å². The zero-order valence-electron chi connectivity index (χ0n) is 22.7. The van der Waals surface area contributed by atoms with Crippen LogP contribution >= 0.6 is 0 Å². The van der Waals surface area contributed by atoms with E-state index in [1.165, 1.54) is 0 Å². The van der Waals surface area contributed by atoms with Gasteiger partial charge in [0.25, 0.3) is 0 Å². The first-order valence-electron chi connectivity index (χ1n) is 13.3. The molecule has 0 fully saturated rings. The lowest BCUT2D eigenvalue weighted by atomic mass is 9.72. The van der Waals surface area contributed by atoms with E-state index in [9.17, 15) is 26.7 Å². The number of para-hydroxylation sites is 2. The number of rotatable bonds is 14. The third kappa shape index (κ3) is 7.41. The molecule has 0 saturated carbocycles. The summed E-state index contributed by atoms with van der Waals surface area (Å²) in [6.45, 7) is 1.79. The second kappa shape index (κ2) is 12.5. The fourth-order valence-electron chi connectivity index (χ4n) is 5.36. The first-order valence-corrected chi connectivity index (χ1v) is 16.9. The lowest BCUT2D eigenvalue weighted by molar-refractivity contribution is -0.132. The fourth-order valence-corrected chi connectivity index (χ4v) is 9.58. The summed E-state index contributed by atoms with van der Waals surface area (Å²) in [5.41, 5.74) is 5.57. The Labute approximate surface area is 240 Å². The van der Waals surface area contributed by atoms with E-state index in [1.807, 2.05) is 0 Å². The largest absolute Gasteiger partial charge is 0.438 e. The Morgan fingerprint density at radius 2 is 1.34 bits per heavy atom. The molecule has 0 saturated heterocycles. The highest BCUT2D eigenvalue weighted by Gasteiger charge is 2.53. The number of benzene rings is 3. The number of aromatic nitrogens is 1. The van der Waals surface area contributed by atoms with Crippen molar-refractivity contribution in [1.29, 1.82) is 0 Å². The molecule has 3 N–H and O–H groups in total. The van der Waals surface area contributed by atoms with Crippen molar-refractivity contribution in [3.63, 3.8) is 0 Å². The summed E-state index contributed by atoms with van der Waals surface area (Å²) in [6, 6.07) is 23.6. The van der Waals surface area contributed by atoms with Crippen LogP contribution in [-0.4, -0.2) is 44.3 Å². The van der Waals surface area contributed by atoms with Gasteiger partial charge in [0.1, 0.15) is 11.6 Å². The second-order valence-electron chi connectivity index (χ2n) is 10.4. The molecule has 1 heterocycles. The van der Waals surface area contributed by atoms with Crippen molar-refractivity contribution >= 4 is 36.7 Å². The molecule has 0 aliphatic heterocycles. The Morgan fingerprint density at radius 1 is 0.854 bits per heavy atom. The van der Waals surface area contributed by atoms with Crippen molar-refractivity contribution in [3.8, 4) is 0 Å². The molecule has 3 aromatic carbocycles. The second-order valence-corrected chi connectivity index (χ2v) is 14.5. The zero-order chi connectivity index (χ0) is 29.7. The number of nitrogens with zero attached hydrogens (tertiary/aromatic N) is 1. The van der Waals surface area contributed by atoms with Crippen molar-refractivity contribution < 1.29 is 31.2 Å². The number of carbonyl (C=O) groups excluding carboxylic acids is 1. The third-order valence-electron chi connectivity index (χ3n) is 7.16. The molecule has 4 rings (SSSR count). The summed E-state index contributed by atoms with van der Waals surface area (Å²) in [4.78, 5) is 17.8. The van der Waals surface area contributed by atoms with Gasteiger partial charge in [0.2, 0.25) is 11.8 Å². The van der Waals surface area contributed by atoms with Gasteiger partial charge in [-0.05, 0) is 29.7 Å². The molecule has 1 aromatic heterocycles. The van der Waals surface area contributed by atoms with Crippen molar-refractivity contribution in [3.05, 3.63) is 102 Å². The minimum atomic E-state index is -4.11. The minimum absolute atomic E-state index is 0.0878. The standard InChI is InChI=1S/C30H34N2O7S2/c1-2-11-24(27(33)28-32-25-16-9-10-17-26(25)39-28)30(29(31)34,20-40(35,36)18-22-12-5-3-6-13-22)21-41(37,38)19-23-14-7-4-8-15-23/h3-10,12-17,24,27,33H,2,11,18-21H2,1H3,(H2,31,34)/t24-,27?/m1/s1. The molecule has 0 aliphatic carbocycles. The molecule has 1 unspecified atom stereocenters. The van der Waals surface area contributed by atoms with Crippen molar-refractivity contribution in [2.24, 2.45) is 17.1 Å². The normalized spacial score (nSPS) is 14.1. The summed E-state index contributed by atoms with van der Waals surface area (Å²) < 4.78 is 60.4. The maximum Gasteiger partial charge on any atom is 0.226 e. The van der Waals surface area contributed by atoms with Gasteiger partial charge >= 0.3 is 0 Å². The summed E-state index contributed by atoms with van der Waals surface area (Å²) >= 11 is 0. The number of oxazole rings is 1. The van der Waals surface area contributed by atoms with Crippen LogP contribution < -0.4 is 5.73 Å². The molecule has 9 nitrogen and oxygen atoms in total. The van der Waals surface area contributed by atoms with Crippen LogP contribution in [0.25, 0.3) is 11.1 Å². The number of nitrogens with two attached hydrogens (primary N) is 1. The molecule has 218 valence electrons. The Kier molecular flexibility index (Phi) is 9.31. The van der Waals surface area contributed by atoms with Gasteiger partial charge in [0.15, 0.2) is 25.3 Å². The van der Waals surface area contributed by atoms with Crippen LogP contribution in [0.4, 0.5) is 0 Å². The van der Waals surface area contributed by atoms with E-state index in [1.54, 1.807) is 91.9 Å². The van der Waals surface area contributed by atoms with E-state index in [4.69, 9.17) is 10.2 Å². The molecular weight excluding hydrogens is 564 g/mol. The topological polar surface area (TPSA) is 158 Å². The average molecular weight is 599 g/mol.